The second-order valence-corrected chi connectivity index (χ2v) is 22.8. The lowest BCUT2D eigenvalue weighted by Crippen LogP contribution is -2.47. The Morgan fingerprint density at radius 3 is 0.957 bits per heavy atom. The lowest BCUT2D eigenvalue weighted by atomic mass is 10.2. The second-order valence-electron chi connectivity index (χ2n) is 22.8. The molecular weight excluding hydrogens is 885 g/mol. The predicted molar refractivity (Wildman–Crippen MR) is 290 cm³/mol. The molecule has 2 aromatic heterocycles. The Morgan fingerprint density at radius 2 is 0.729 bits per heavy atom. The maximum Gasteiger partial charge on any atom is 0.420 e. The van der Waals surface area contributed by atoms with Crippen molar-refractivity contribution >= 4 is 24.4 Å². The number of nitrogens with zero attached hydrogens (tertiary/aromatic N) is 6. The first-order valence-electron chi connectivity index (χ1n) is 24.8. The third-order valence-electron chi connectivity index (χ3n) is 9.08. The summed E-state index contributed by atoms with van der Waals surface area (Å²) in [6.07, 6.45) is 6.39. The number of benzene rings is 1. The van der Waals surface area contributed by atoms with Gasteiger partial charge >= 0.3 is 24.4 Å². The summed E-state index contributed by atoms with van der Waals surface area (Å²) in [5.74, 6) is 0. The summed E-state index contributed by atoms with van der Waals surface area (Å²) in [5.41, 5.74) is -1.04. The largest absolute Gasteiger partial charge is 0.444 e. The number of carbonyl (C=O) groups is 4. The normalized spacial score (nSPS) is 11.4. The Bertz CT molecular complexity index is 1740. The van der Waals surface area contributed by atoms with Gasteiger partial charge in [0.1, 0.15) is 22.4 Å². The van der Waals surface area contributed by atoms with Crippen molar-refractivity contribution < 1.29 is 38.1 Å². The topological polar surface area (TPSA) is 128 Å². The minimum atomic E-state index is -0.688. The molecule has 3 aromatic rings. The molecule has 0 saturated carbocycles. The van der Waals surface area contributed by atoms with E-state index in [0.29, 0.717) is 24.7 Å². The molecule has 2 heterocycles. The molecule has 0 aliphatic carbocycles. The molecule has 1 aromatic carbocycles. The first-order valence-corrected chi connectivity index (χ1v) is 24.8. The summed E-state index contributed by atoms with van der Waals surface area (Å²) >= 11 is 0. The highest BCUT2D eigenvalue weighted by Crippen LogP contribution is 2.18. The molecule has 14 nitrogen and oxygen atoms in total. The van der Waals surface area contributed by atoms with E-state index in [-0.39, 0.29) is 30.3 Å². The van der Waals surface area contributed by atoms with E-state index >= 15 is 0 Å². The summed E-state index contributed by atoms with van der Waals surface area (Å²) in [6.45, 7) is 46.6. The van der Waals surface area contributed by atoms with Crippen LogP contribution in [0.15, 0.2) is 79.4 Å². The third-order valence-corrected chi connectivity index (χ3v) is 9.08. The van der Waals surface area contributed by atoms with Crippen LogP contribution in [0.5, 0.6) is 0 Å². The maximum atomic E-state index is 12.1. The van der Waals surface area contributed by atoms with Gasteiger partial charge in [0.2, 0.25) is 0 Å². The van der Waals surface area contributed by atoms with Crippen LogP contribution in [-0.2, 0) is 25.5 Å². The van der Waals surface area contributed by atoms with Crippen LogP contribution in [0.1, 0.15) is 184 Å². The average Bonchev–Trinajstić information content (AvgIpc) is 3.92. The SMILES string of the molecule is CC(C)N(C(=O)OC(C)(C)C)C(=O)OC(C)(C)C.CC(C)N(C)C.CC(C)N(C)C(=O)OC(C)(C)C.CC(C)N(Cc1ccccc1)C(=O)OC(C)(C)C.CC(C)n1cccc1.CC(C)n1cccc1. The van der Waals surface area contributed by atoms with E-state index in [0.717, 1.165) is 10.5 Å². The van der Waals surface area contributed by atoms with Crippen molar-refractivity contribution in [3.8, 4) is 0 Å². The van der Waals surface area contributed by atoms with E-state index in [1.54, 1.807) is 72.2 Å². The molecule has 404 valence electrons. The zero-order chi connectivity index (χ0) is 55.5. The maximum absolute atomic E-state index is 12.1. The van der Waals surface area contributed by atoms with Gasteiger partial charge in [-0.05, 0) is 210 Å². The molecule has 0 bridgehead atoms. The number of hydrogen-bond acceptors (Lipinski definition) is 9. The standard InChI is InChI=1S/C15H23NO2.C13H25NO4.C9H19NO2.2C7H11N.C5H13N/c1-12(2)16(14(17)18-15(3,4)5)11-13-9-7-6-8-10-13;1-9(2)14(10(15)17-12(3,4)5)11(16)18-13(6,7)8;1-7(2)10(6)8(11)12-9(3,4)5;2*1-7(2)8-5-3-4-6-8;1-5(2)6(3)4/h6-10,12H,11H2,1-5H3;9H,1-8H3;7H,1-6H3;2*3-7H,1-2H3;5H,1-4H3. The molecule has 0 aliphatic rings. The van der Waals surface area contributed by atoms with Crippen molar-refractivity contribution in [2.24, 2.45) is 0 Å². The molecule has 0 spiro atoms. The van der Waals surface area contributed by atoms with Crippen molar-refractivity contribution in [3.63, 3.8) is 0 Å². The molecule has 0 saturated heterocycles. The van der Waals surface area contributed by atoms with Crippen molar-refractivity contribution in [3.05, 3.63) is 84.9 Å². The monoisotopic (exact) mass is 987 g/mol. The lowest BCUT2D eigenvalue weighted by Gasteiger charge is -2.30. The third kappa shape index (κ3) is 36.9. The van der Waals surface area contributed by atoms with Crippen molar-refractivity contribution in [2.45, 2.75) is 231 Å². The Kier molecular flexibility index (Phi) is 32.5. The van der Waals surface area contributed by atoms with E-state index in [9.17, 15) is 19.2 Å². The van der Waals surface area contributed by atoms with Crippen LogP contribution in [-0.4, -0.2) is 121 Å². The zero-order valence-electron chi connectivity index (χ0n) is 49.1. The van der Waals surface area contributed by atoms with Gasteiger partial charge in [-0.2, -0.15) is 0 Å². The molecule has 0 atom stereocenters. The molecule has 70 heavy (non-hydrogen) atoms. The van der Waals surface area contributed by atoms with Gasteiger partial charge in [0.25, 0.3) is 0 Å². The molecule has 0 aliphatic heterocycles. The second kappa shape index (κ2) is 32.8. The van der Waals surface area contributed by atoms with Crippen LogP contribution in [0.25, 0.3) is 0 Å². The first kappa shape index (κ1) is 69.3. The van der Waals surface area contributed by atoms with Crippen molar-refractivity contribution in [2.75, 3.05) is 21.1 Å². The Balaban J connectivity index is -0.000000803. The number of imide groups is 1. The molecule has 0 fully saturated rings. The van der Waals surface area contributed by atoms with Gasteiger partial charge in [-0.25, -0.2) is 24.1 Å². The molecule has 0 radical (unpaired) electrons. The fourth-order valence-corrected chi connectivity index (χ4v) is 4.61. The highest BCUT2D eigenvalue weighted by Gasteiger charge is 2.33. The van der Waals surface area contributed by atoms with Gasteiger partial charge in [0.15, 0.2) is 0 Å². The van der Waals surface area contributed by atoms with E-state index in [1.807, 2.05) is 124 Å². The number of aromatic nitrogens is 2. The van der Waals surface area contributed by atoms with Gasteiger partial charge in [-0.1, -0.05) is 30.3 Å². The van der Waals surface area contributed by atoms with Gasteiger partial charge in [-0.3, -0.25) is 0 Å². The molecule has 0 unspecified atom stereocenters. The minimum Gasteiger partial charge on any atom is -0.444 e. The van der Waals surface area contributed by atoms with E-state index < -0.39 is 34.6 Å². The van der Waals surface area contributed by atoms with E-state index in [4.69, 9.17) is 18.9 Å². The molecule has 0 N–H and O–H groups in total. The number of amides is 4. The Hall–Kier alpha value is -4.98. The molecule has 4 amide bonds. The van der Waals surface area contributed by atoms with Gasteiger partial charge < -0.3 is 42.8 Å². The zero-order valence-corrected chi connectivity index (χ0v) is 49.1. The quantitative estimate of drug-likeness (QED) is 0.203. The van der Waals surface area contributed by atoms with Crippen LogP contribution in [0.4, 0.5) is 19.2 Å². The van der Waals surface area contributed by atoms with Gasteiger partial charge in [0, 0.05) is 74.6 Å². The summed E-state index contributed by atoms with van der Waals surface area (Å²) < 4.78 is 25.3. The van der Waals surface area contributed by atoms with Gasteiger partial charge in [-0.15, -0.1) is 0 Å². The number of rotatable bonds is 8. The minimum absolute atomic E-state index is 0.111. The first-order chi connectivity index (χ1) is 31.6. The van der Waals surface area contributed by atoms with Crippen molar-refractivity contribution in [1.82, 2.24) is 28.7 Å². The van der Waals surface area contributed by atoms with Crippen LogP contribution in [0, 0.1) is 0 Å². The number of ether oxygens (including phenoxy) is 4. The molecule has 3 rings (SSSR count). The summed E-state index contributed by atoms with van der Waals surface area (Å²) in [5, 5.41) is 0. The van der Waals surface area contributed by atoms with Crippen LogP contribution in [0.3, 0.4) is 0 Å². The predicted octanol–water partition coefficient (Wildman–Crippen LogP) is 14.8. The lowest BCUT2D eigenvalue weighted by molar-refractivity contribution is -0.00451. The number of carbonyl (C=O) groups excluding carboxylic acids is 4. The van der Waals surface area contributed by atoms with E-state index in [1.165, 1.54) is 0 Å². The molecular formula is C56H102N6O8. The van der Waals surface area contributed by atoms with Crippen molar-refractivity contribution in [1.29, 1.82) is 0 Å². The van der Waals surface area contributed by atoms with E-state index in [2.05, 4.69) is 94.5 Å². The molecule has 14 heteroatoms. The summed E-state index contributed by atoms with van der Waals surface area (Å²) in [7, 11) is 5.88. The van der Waals surface area contributed by atoms with Crippen LogP contribution < -0.4 is 0 Å². The fraction of sp³-hybridized carbons (Fsp3) is 0.679. The summed E-state index contributed by atoms with van der Waals surface area (Å²) in [6, 6.07) is 20.0. The number of hydrogen-bond donors (Lipinski definition) is 0. The Labute approximate surface area is 427 Å². The van der Waals surface area contributed by atoms with Crippen LogP contribution >= 0.6 is 0 Å². The van der Waals surface area contributed by atoms with Crippen LogP contribution in [0.2, 0.25) is 0 Å². The highest BCUT2D eigenvalue weighted by atomic mass is 16.6. The average molecular weight is 987 g/mol. The smallest absolute Gasteiger partial charge is 0.420 e. The fourth-order valence-electron chi connectivity index (χ4n) is 4.61. The van der Waals surface area contributed by atoms with Gasteiger partial charge in [0.05, 0.1) is 0 Å². The Morgan fingerprint density at radius 1 is 0.429 bits per heavy atom. The summed E-state index contributed by atoms with van der Waals surface area (Å²) in [4.78, 5) is 53.7. The highest BCUT2D eigenvalue weighted by molar-refractivity contribution is 5.88.